The Hall–Kier alpha value is -2.91. The van der Waals surface area contributed by atoms with Crippen LogP contribution >= 0.6 is 11.6 Å². The van der Waals surface area contributed by atoms with Crippen LogP contribution in [0.25, 0.3) is 11.0 Å². The molecule has 8 nitrogen and oxygen atoms in total. The Morgan fingerprint density at radius 1 is 1.39 bits per heavy atom. The molecule has 0 bridgehead atoms. The average molecular weight is 447 g/mol. The number of halogens is 2. The fraction of sp³-hybridized carbons (Fsp3) is 0.381. The zero-order chi connectivity index (χ0) is 22.0. The number of hydrogen-bond donors (Lipinski definition) is 4. The fourth-order valence-electron chi connectivity index (χ4n) is 3.91. The first-order valence-electron chi connectivity index (χ1n) is 10.1. The Labute approximate surface area is 183 Å². The summed E-state index contributed by atoms with van der Waals surface area (Å²) < 4.78 is 13.6. The van der Waals surface area contributed by atoms with E-state index in [1.165, 1.54) is 31.5 Å². The van der Waals surface area contributed by atoms with Gasteiger partial charge in [0.15, 0.2) is 0 Å². The topological polar surface area (TPSA) is 106 Å². The summed E-state index contributed by atoms with van der Waals surface area (Å²) in [7, 11) is 0. The summed E-state index contributed by atoms with van der Waals surface area (Å²) in [6.45, 7) is 2.92. The lowest BCUT2D eigenvalue weighted by molar-refractivity contribution is -0.124. The quantitative estimate of drug-likeness (QED) is 0.464. The van der Waals surface area contributed by atoms with E-state index in [1.54, 1.807) is 0 Å². The SMILES string of the molecule is C[C@H](O)[C@@H](Nc1cc(F)cc(Cl)c1)C(=O)N[C@@H]1CCCN(c2ncnc3[nH]ccc23)C1. The standard InChI is InChI=1S/C21H24ClFN6O2/c1-12(30)18(27-16-8-13(22)7-14(23)9-16)21(31)28-15-3-2-6-29(10-15)20-17-4-5-24-19(17)25-11-26-20/h4-5,7-9,11-12,15,18,27,30H,2-3,6,10H2,1H3,(H,28,31)(H,24,25,26)/t12-,15+,18+/m0/s1. The second-order valence-electron chi connectivity index (χ2n) is 7.75. The first-order chi connectivity index (χ1) is 14.9. The number of anilines is 2. The monoisotopic (exact) mass is 446 g/mol. The van der Waals surface area contributed by atoms with Crippen molar-refractivity contribution in [1.29, 1.82) is 0 Å². The average Bonchev–Trinajstić information content (AvgIpc) is 3.20. The van der Waals surface area contributed by atoms with Gasteiger partial charge in [-0.25, -0.2) is 14.4 Å². The molecule has 164 valence electrons. The maximum Gasteiger partial charge on any atom is 0.245 e. The van der Waals surface area contributed by atoms with Crippen molar-refractivity contribution in [3.8, 4) is 0 Å². The molecule has 31 heavy (non-hydrogen) atoms. The van der Waals surface area contributed by atoms with E-state index in [-0.39, 0.29) is 17.0 Å². The van der Waals surface area contributed by atoms with Crippen molar-refractivity contribution in [3.63, 3.8) is 0 Å². The van der Waals surface area contributed by atoms with E-state index in [9.17, 15) is 14.3 Å². The summed E-state index contributed by atoms with van der Waals surface area (Å²) in [4.78, 5) is 26.8. The largest absolute Gasteiger partial charge is 0.391 e. The number of aromatic nitrogens is 3. The molecule has 0 aliphatic carbocycles. The number of benzene rings is 1. The van der Waals surface area contributed by atoms with Gasteiger partial charge in [-0.1, -0.05) is 11.6 Å². The van der Waals surface area contributed by atoms with Crippen LogP contribution in [0.3, 0.4) is 0 Å². The van der Waals surface area contributed by atoms with Crippen molar-refractivity contribution in [3.05, 3.63) is 47.6 Å². The van der Waals surface area contributed by atoms with Crippen LogP contribution in [0.15, 0.2) is 36.8 Å². The Morgan fingerprint density at radius 2 is 2.23 bits per heavy atom. The number of aromatic amines is 1. The zero-order valence-electron chi connectivity index (χ0n) is 17.0. The minimum atomic E-state index is -0.997. The lowest BCUT2D eigenvalue weighted by Crippen LogP contribution is -2.54. The first-order valence-corrected chi connectivity index (χ1v) is 10.5. The third kappa shape index (κ3) is 4.88. The molecule has 0 saturated carbocycles. The molecule has 2 aromatic heterocycles. The van der Waals surface area contributed by atoms with Gasteiger partial charge in [0.25, 0.3) is 0 Å². The normalized spacial score (nSPS) is 18.6. The molecule has 0 spiro atoms. The molecule has 1 amide bonds. The Balaban J connectivity index is 1.45. The third-order valence-electron chi connectivity index (χ3n) is 5.35. The van der Waals surface area contributed by atoms with Crippen LogP contribution in [-0.2, 0) is 4.79 Å². The molecular formula is C21H24ClFN6O2. The molecule has 10 heteroatoms. The number of H-pyrrole nitrogens is 1. The van der Waals surface area contributed by atoms with Crippen LogP contribution in [-0.4, -0.2) is 57.2 Å². The van der Waals surface area contributed by atoms with Gasteiger partial charge in [0.05, 0.1) is 11.5 Å². The van der Waals surface area contributed by atoms with Crippen LogP contribution in [0.2, 0.25) is 5.02 Å². The van der Waals surface area contributed by atoms with Gasteiger partial charge in [-0.15, -0.1) is 0 Å². The molecule has 0 unspecified atom stereocenters. The number of aliphatic hydroxyl groups is 1. The molecule has 1 fully saturated rings. The van der Waals surface area contributed by atoms with E-state index in [1.807, 2.05) is 12.3 Å². The van der Waals surface area contributed by atoms with Gasteiger partial charge in [0, 0.05) is 36.0 Å². The van der Waals surface area contributed by atoms with Crippen molar-refractivity contribution >= 4 is 40.0 Å². The van der Waals surface area contributed by atoms with Crippen LogP contribution in [0, 0.1) is 5.82 Å². The molecule has 1 aliphatic heterocycles. The molecule has 4 N–H and O–H groups in total. The number of aliphatic hydroxyl groups excluding tert-OH is 1. The van der Waals surface area contributed by atoms with Crippen LogP contribution in [0.1, 0.15) is 19.8 Å². The predicted molar refractivity (Wildman–Crippen MR) is 118 cm³/mol. The molecule has 3 atom stereocenters. The van der Waals surface area contributed by atoms with E-state index in [2.05, 4.69) is 30.5 Å². The minimum Gasteiger partial charge on any atom is -0.391 e. The molecule has 0 radical (unpaired) electrons. The van der Waals surface area contributed by atoms with Crippen molar-refractivity contribution in [2.24, 2.45) is 0 Å². The van der Waals surface area contributed by atoms with Crippen molar-refractivity contribution < 1.29 is 14.3 Å². The van der Waals surface area contributed by atoms with Gasteiger partial charge in [-0.05, 0) is 44.0 Å². The van der Waals surface area contributed by atoms with Crippen LogP contribution in [0.5, 0.6) is 0 Å². The maximum absolute atomic E-state index is 13.6. The van der Waals surface area contributed by atoms with Crippen molar-refractivity contribution in [2.45, 2.75) is 38.0 Å². The van der Waals surface area contributed by atoms with Crippen molar-refractivity contribution in [2.75, 3.05) is 23.3 Å². The molecule has 1 saturated heterocycles. The van der Waals surface area contributed by atoms with Gasteiger partial charge < -0.3 is 25.6 Å². The lowest BCUT2D eigenvalue weighted by Gasteiger charge is -2.35. The number of piperidine rings is 1. The number of amides is 1. The number of fused-ring (bicyclic) bond motifs is 1. The highest BCUT2D eigenvalue weighted by Crippen LogP contribution is 2.25. The van der Waals surface area contributed by atoms with E-state index in [0.29, 0.717) is 12.2 Å². The molecule has 4 rings (SSSR count). The molecule has 3 aromatic rings. The summed E-state index contributed by atoms with van der Waals surface area (Å²) in [5, 5.41) is 17.2. The summed E-state index contributed by atoms with van der Waals surface area (Å²) in [6.07, 6.45) is 4.04. The Morgan fingerprint density at radius 3 is 3.00 bits per heavy atom. The summed E-state index contributed by atoms with van der Waals surface area (Å²) >= 11 is 5.89. The van der Waals surface area contributed by atoms with Gasteiger partial charge in [0.1, 0.15) is 29.7 Å². The van der Waals surface area contributed by atoms with E-state index in [0.717, 1.165) is 36.2 Å². The number of carbonyl (C=O) groups is 1. The molecule has 1 aliphatic rings. The van der Waals surface area contributed by atoms with E-state index >= 15 is 0 Å². The number of hydrogen-bond acceptors (Lipinski definition) is 6. The van der Waals surface area contributed by atoms with E-state index in [4.69, 9.17) is 11.6 Å². The predicted octanol–water partition coefficient (Wildman–Crippen LogP) is 2.70. The van der Waals surface area contributed by atoms with Crippen LogP contribution < -0.4 is 15.5 Å². The highest BCUT2D eigenvalue weighted by atomic mass is 35.5. The second kappa shape index (κ2) is 9.07. The van der Waals surface area contributed by atoms with Gasteiger partial charge >= 0.3 is 0 Å². The lowest BCUT2D eigenvalue weighted by atomic mass is 10.0. The minimum absolute atomic E-state index is 0.121. The van der Waals surface area contributed by atoms with Gasteiger partial charge in [-0.2, -0.15) is 0 Å². The number of nitrogens with one attached hydrogen (secondary N) is 3. The Bertz CT molecular complexity index is 1050. The number of carbonyl (C=O) groups excluding carboxylic acids is 1. The van der Waals surface area contributed by atoms with Crippen LogP contribution in [0.4, 0.5) is 15.9 Å². The third-order valence-corrected chi connectivity index (χ3v) is 5.57. The molecule has 1 aromatic carbocycles. The summed E-state index contributed by atoms with van der Waals surface area (Å²) in [5.41, 5.74) is 1.09. The molecule has 3 heterocycles. The zero-order valence-corrected chi connectivity index (χ0v) is 17.7. The highest BCUT2D eigenvalue weighted by Gasteiger charge is 2.29. The maximum atomic E-state index is 13.6. The second-order valence-corrected chi connectivity index (χ2v) is 8.19. The summed E-state index contributed by atoms with van der Waals surface area (Å²) in [5.74, 6) is -0.0647. The van der Waals surface area contributed by atoms with Gasteiger partial charge in [-0.3, -0.25) is 4.79 Å². The first kappa shape index (κ1) is 21.3. The molecular weight excluding hydrogens is 423 g/mol. The van der Waals surface area contributed by atoms with Gasteiger partial charge in [0.2, 0.25) is 5.91 Å². The number of rotatable bonds is 6. The van der Waals surface area contributed by atoms with Crippen molar-refractivity contribution in [1.82, 2.24) is 20.3 Å². The number of nitrogens with zero attached hydrogens (tertiary/aromatic N) is 3. The Kier molecular flexibility index (Phi) is 6.24. The van der Waals surface area contributed by atoms with E-state index < -0.39 is 18.0 Å². The fourth-order valence-corrected chi connectivity index (χ4v) is 4.13. The summed E-state index contributed by atoms with van der Waals surface area (Å²) in [6, 6.07) is 4.77. The highest BCUT2D eigenvalue weighted by molar-refractivity contribution is 6.30. The smallest absolute Gasteiger partial charge is 0.245 e.